The molecule has 0 unspecified atom stereocenters. The average Bonchev–Trinajstić information content (AvgIpc) is 3.15. The van der Waals surface area contributed by atoms with Gasteiger partial charge in [-0.3, -0.25) is 0 Å². The van der Waals surface area contributed by atoms with Gasteiger partial charge in [-0.05, 0) is 62.2 Å². The van der Waals surface area contributed by atoms with Gasteiger partial charge in [0.05, 0.1) is 17.7 Å². The molecule has 6 heteroatoms. The highest BCUT2D eigenvalue weighted by molar-refractivity contribution is 6.35. The van der Waals surface area contributed by atoms with Gasteiger partial charge in [0.2, 0.25) is 0 Å². The Morgan fingerprint density at radius 3 is 2.69 bits per heavy atom. The van der Waals surface area contributed by atoms with Gasteiger partial charge in [0.15, 0.2) is 0 Å². The summed E-state index contributed by atoms with van der Waals surface area (Å²) in [5, 5.41) is 4.45. The molecule has 2 atom stereocenters. The van der Waals surface area contributed by atoms with E-state index in [1.165, 1.54) is 0 Å². The molecule has 1 fully saturated rings. The van der Waals surface area contributed by atoms with Crippen molar-refractivity contribution in [2.75, 3.05) is 25.1 Å². The van der Waals surface area contributed by atoms with Crippen molar-refractivity contribution in [3.05, 3.63) is 52.5 Å². The van der Waals surface area contributed by atoms with Crippen LogP contribution in [0.25, 0.3) is 0 Å². The fraction of sp³-hybridized carbons (Fsp3) is 0.400. The van der Waals surface area contributed by atoms with Gasteiger partial charge in [0.25, 0.3) is 0 Å². The zero-order chi connectivity index (χ0) is 18.4. The third-order valence-corrected chi connectivity index (χ3v) is 4.66. The van der Waals surface area contributed by atoms with Crippen molar-refractivity contribution in [2.45, 2.75) is 32.0 Å². The molecule has 0 aromatic heterocycles. The fourth-order valence-corrected chi connectivity index (χ4v) is 3.18. The molecule has 1 aliphatic heterocycles. The Hall–Kier alpha value is -1.62. The minimum Gasteiger partial charge on any atom is -0.491 e. The van der Waals surface area contributed by atoms with E-state index in [-0.39, 0.29) is 12.2 Å². The predicted molar refractivity (Wildman–Crippen MR) is 106 cm³/mol. The molecule has 1 saturated heterocycles. The molecule has 0 aliphatic carbocycles. The normalized spacial score (nSPS) is 17.7. The number of rotatable bonds is 8. The summed E-state index contributed by atoms with van der Waals surface area (Å²) in [4.78, 5) is 0. The van der Waals surface area contributed by atoms with Crippen LogP contribution in [0.1, 0.15) is 19.8 Å². The summed E-state index contributed by atoms with van der Waals surface area (Å²) in [5.41, 5.74) is 1.01. The van der Waals surface area contributed by atoms with Gasteiger partial charge >= 0.3 is 0 Å². The molecule has 26 heavy (non-hydrogen) atoms. The van der Waals surface area contributed by atoms with Crippen LogP contribution < -0.4 is 14.8 Å². The summed E-state index contributed by atoms with van der Waals surface area (Å²) in [6.45, 7) is 4.09. The highest BCUT2D eigenvalue weighted by Crippen LogP contribution is 2.28. The summed E-state index contributed by atoms with van der Waals surface area (Å²) in [6, 6.07) is 13.1. The van der Waals surface area contributed by atoms with Gasteiger partial charge in [0.1, 0.15) is 24.2 Å². The van der Waals surface area contributed by atoms with Gasteiger partial charge in [0, 0.05) is 17.3 Å². The lowest BCUT2D eigenvalue weighted by Gasteiger charge is -2.17. The molecule has 2 aromatic carbocycles. The summed E-state index contributed by atoms with van der Waals surface area (Å²) in [5.74, 6) is 1.48. The molecule has 0 radical (unpaired) electrons. The van der Waals surface area contributed by atoms with E-state index in [4.69, 9.17) is 37.4 Å². The second kappa shape index (κ2) is 9.36. The van der Waals surface area contributed by atoms with E-state index in [2.05, 4.69) is 5.32 Å². The number of benzene rings is 2. The Kier molecular flexibility index (Phi) is 6.89. The molecule has 140 valence electrons. The van der Waals surface area contributed by atoms with E-state index in [1.807, 2.05) is 31.2 Å². The predicted octanol–water partition coefficient (Wildman–Crippen LogP) is 5.43. The first kappa shape index (κ1) is 19.2. The second-order valence-electron chi connectivity index (χ2n) is 6.35. The summed E-state index contributed by atoms with van der Waals surface area (Å²) >= 11 is 12.0. The highest BCUT2D eigenvalue weighted by Gasteiger charge is 2.15. The molecular formula is C20H23Cl2NO3. The maximum Gasteiger partial charge on any atom is 0.138 e. The molecule has 0 bridgehead atoms. The number of halogens is 2. The van der Waals surface area contributed by atoms with Crippen LogP contribution in [-0.2, 0) is 4.74 Å². The molecule has 1 N–H and O–H groups in total. The minimum atomic E-state index is -0.0517. The van der Waals surface area contributed by atoms with Gasteiger partial charge in [-0.1, -0.05) is 23.2 Å². The summed E-state index contributed by atoms with van der Waals surface area (Å²) in [7, 11) is 0. The molecular weight excluding hydrogens is 373 g/mol. The lowest BCUT2D eigenvalue weighted by molar-refractivity contribution is 0.0679. The molecule has 4 nitrogen and oxygen atoms in total. The van der Waals surface area contributed by atoms with Gasteiger partial charge in [-0.25, -0.2) is 0 Å². The molecule has 2 aromatic rings. The van der Waals surface area contributed by atoms with Crippen molar-refractivity contribution in [3.8, 4) is 11.5 Å². The number of hydrogen-bond acceptors (Lipinski definition) is 4. The lowest BCUT2D eigenvalue weighted by Crippen LogP contribution is -2.22. The Labute approximate surface area is 164 Å². The third kappa shape index (κ3) is 5.70. The van der Waals surface area contributed by atoms with Crippen molar-refractivity contribution in [2.24, 2.45) is 0 Å². The average molecular weight is 396 g/mol. The fourth-order valence-electron chi connectivity index (χ4n) is 2.72. The Balaban J connectivity index is 1.43. The van der Waals surface area contributed by atoms with E-state index in [0.29, 0.717) is 28.9 Å². The van der Waals surface area contributed by atoms with E-state index in [0.717, 1.165) is 30.9 Å². The molecule has 0 saturated carbocycles. The quantitative estimate of drug-likeness (QED) is 0.646. The minimum absolute atomic E-state index is 0.0517. The van der Waals surface area contributed by atoms with E-state index < -0.39 is 0 Å². The molecule has 0 spiro atoms. The van der Waals surface area contributed by atoms with Crippen molar-refractivity contribution in [3.63, 3.8) is 0 Å². The van der Waals surface area contributed by atoms with E-state index >= 15 is 0 Å². The standard InChI is InChI=1S/C20H23Cl2NO3/c1-14(26-20-9-4-15(21)11-19(20)22)12-23-16-5-7-17(8-6-16)25-13-18-3-2-10-24-18/h4-9,11,14,18,23H,2-3,10,12-13H2,1H3/t14-,18-/m0/s1. The van der Waals surface area contributed by atoms with Crippen LogP contribution in [-0.4, -0.2) is 32.0 Å². The lowest BCUT2D eigenvalue weighted by atomic mass is 10.2. The third-order valence-electron chi connectivity index (χ3n) is 4.13. The number of nitrogens with one attached hydrogen (secondary N) is 1. The number of hydrogen-bond donors (Lipinski definition) is 1. The van der Waals surface area contributed by atoms with Crippen molar-refractivity contribution < 1.29 is 14.2 Å². The summed E-state index contributed by atoms with van der Waals surface area (Å²) in [6.07, 6.45) is 2.38. The molecule has 3 rings (SSSR count). The largest absolute Gasteiger partial charge is 0.491 e. The van der Waals surface area contributed by atoms with Crippen LogP contribution in [0.4, 0.5) is 5.69 Å². The maximum absolute atomic E-state index is 6.13. The van der Waals surface area contributed by atoms with Crippen LogP contribution >= 0.6 is 23.2 Å². The monoisotopic (exact) mass is 395 g/mol. The van der Waals surface area contributed by atoms with Crippen molar-refractivity contribution in [1.82, 2.24) is 0 Å². The van der Waals surface area contributed by atoms with Crippen LogP contribution in [0.3, 0.4) is 0 Å². The van der Waals surface area contributed by atoms with Crippen LogP contribution in [0, 0.1) is 0 Å². The van der Waals surface area contributed by atoms with Crippen LogP contribution in [0.5, 0.6) is 11.5 Å². The van der Waals surface area contributed by atoms with Crippen molar-refractivity contribution in [1.29, 1.82) is 0 Å². The SMILES string of the molecule is C[C@@H](CNc1ccc(OC[C@@H]2CCCO2)cc1)Oc1ccc(Cl)cc1Cl. The van der Waals surface area contributed by atoms with Gasteiger partial charge < -0.3 is 19.5 Å². The second-order valence-corrected chi connectivity index (χ2v) is 7.20. The summed E-state index contributed by atoms with van der Waals surface area (Å²) < 4.78 is 17.2. The molecule has 0 amide bonds. The first-order chi connectivity index (χ1) is 12.6. The zero-order valence-electron chi connectivity index (χ0n) is 14.7. The first-order valence-corrected chi connectivity index (χ1v) is 9.56. The Morgan fingerprint density at radius 1 is 1.19 bits per heavy atom. The molecule has 1 aliphatic rings. The number of anilines is 1. The highest BCUT2D eigenvalue weighted by atomic mass is 35.5. The van der Waals surface area contributed by atoms with Gasteiger partial charge in [-0.15, -0.1) is 0 Å². The van der Waals surface area contributed by atoms with Crippen molar-refractivity contribution >= 4 is 28.9 Å². The van der Waals surface area contributed by atoms with Gasteiger partial charge in [-0.2, -0.15) is 0 Å². The van der Waals surface area contributed by atoms with E-state index in [1.54, 1.807) is 18.2 Å². The Morgan fingerprint density at radius 2 is 2.00 bits per heavy atom. The zero-order valence-corrected chi connectivity index (χ0v) is 16.2. The Bertz CT molecular complexity index is 703. The smallest absolute Gasteiger partial charge is 0.138 e. The topological polar surface area (TPSA) is 39.7 Å². The maximum atomic E-state index is 6.13. The van der Waals surface area contributed by atoms with Crippen LogP contribution in [0.15, 0.2) is 42.5 Å². The first-order valence-electron chi connectivity index (χ1n) is 8.80. The van der Waals surface area contributed by atoms with Crippen LogP contribution in [0.2, 0.25) is 10.0 Å². The van der Waals surface area contributed by atoms with E-state index in [9.17, 15) is 0 Å². The molecule has 1 heterocycles. The number of ether oxygens (including phenoxy) is 3.